The summed E-state index contributed by atoms with van der Waals surface area (Å²) in [6.07, 6.45) is 3.77. The Labute approximate surface area is 123 Å². The Balaban J connectivity index is 1.73. The third-order valence-corrected chi connectivity index (χ3v) is 4.46. The quantitative estimate of drug-likeness (QED) is 0.930. The second-order valence-electron chi connectivity index (χ2n) is 4.95. The molecular formula is C14H19N5S. The van der Waals surface area contributed by atoms with E-state index < -0.39 is 0 Å². The van der Waals surface area contributed by atoms with Gasteiger partial charge in [0.05, 0.1) is 0 Å². The number of hydrogen-bond donors (Lipinski definition) is 1. The van der Waals surface area contributed by atoms with Crippen LogP contribution < -0.4 is 15.5 Å². The first-order valence-corrected chi connectivity index (χ1v) is 7.71. The zero-order valence-corrected chi connectivity index (χ0v) is 12.4. The molecule has 0 aliphatic carbocycles. The fourth-order valence-corrected chi connectivity index (χ4v) is 3.23. The van der Waals surface area contributed by atoms with E-state index in [1.54, 1.807) is 11.3 Å². The zero-order chi connectivity index (χ0) is 13.9. The molecule has 6 heteroatoms. The molecule has 1 aliphatic heterocycles. The first-order valence-electron chi connectivity index (χ1n) is 6.83. The topological polar surface area (TPSA) is 58.3 Å². The summed E-state index contributed by atoms with van der Waals surface area (Å²) in [5.41, 5.74) is 9.23. The van der Waals surface area contributed by atoms with Crippen LogP contribution in [0.4, 0.5) is 10.8 Å². The number of rotatable bonds is 3. The maximum absolute atomic E-state index is 5.83. The summed E-state index contributed by atoms with van der Waals surface area (Å²) in [6.45, 7) is 6.55. The van der Waals surface area contributed by atoms with Crippen molar-refractivity contribution in [3.8, 4) is 0 Å². The first-order chi connectivity index (χ1) is 9.78. The molecule has 0 spiro atoms. The van der Waals surface area contributed by atoms with Crippen molar-refractivity contribution in [2.75, 3.05) is 36.0 Å². The predicted molar refractivity (Wildman–Crippen MR) is 83.4 cm³/mol. The number of pyridine rings is 1. The third-order valence-electron chi connectivity index (χ3n) is 3.63. The molecule has 0 atom stereocenters. The predicted octanol–water partition coefficient (Wildman–Crippen LogP) is 1.63. The van der Waals surface area contributed by atoms with Crippen molar-refractivity contribution >= 4 is 22.2 Å². The van der Waals surface area contributed by atoms with Crippen LogP contribution in [-0.4, -0.2) is 36.1 Å². The molecule has 0 bridgehead atoms. The lowest BCUT2D eigenvalue weighted by Gasteiger charge is -2.36. The number of anilines is 2. The molecule has 1 aliphatic rings. The van der Waals surface area contributed by atoms with Gasteiger partial charge in [-0.25, -0.2) is 4.98 Å². The summed E-state index contributed by atoms with van der Waals surface area (Å²) >= 11 is 1.70. The second-order valence-corrected chi connectivity index (χ2v) is 5.82. The van der Waals surface area contributed by atoms with E-state index in [4.69, 9.17) is 5.73 Å². The lowest BCUT2D eigenvalue weighted by molar-refractivity contribution is 0.649. The highest BCUT2D eigenvalue weighted by Gasteiger charge is 2.20. The van der Waals surface area contributed by atoms with Gasteiger partial charge in [-0.1, -0.05) is 0 Å². The molecule has 20 heavy (non-hydrogen) atoms. The van der Waals surface area contributed by atoms with Gasteiger partial charge in [-0.3, -0.25) is 4.98 Å². The summed E-state index contributed by atoms with van der Waals surface area (Å²) in [6, 6.07) is 2.14. The maximum Gasteiger partial charge on any atom is 0.185 e. The molecule has 2 aromatic rings. The van der Waals surface area contributed by atoms with Gasteiger partial charge in [-0.05, 0) is 13.0 Å². The summed E-state index contributed by atoms with van der Waals surface area (Å²) in [4.78, 5) is 13.5. The van der Waals surface area contributed by atoms with Gasteiger partial charge in [0.2, 0.25) is 0 Å². The molecule has 0 aromatic carbocycles. The van der Waals surface area contributed by atoms with Crippen molar-refractivity contribution in [2.24, 2.45) is 5.73 Å². The molecule has 0 saturated carbocycles. The summed E-state index contributed by atoms with van der Waals surface area (Å²) in [5.74, 6) is 0. The SMILES string of the molecule is Cc1cc(N2CCN(c3nccs3)CC2)c(CN)cn1. The normalized spacial score (nSPS) is 15.7. The highest BCUT2D eigenvalue weighted by atomic mass is 32.1. The number of hydrogen-bond acceptors (Lipinski definition) is 6. The van der Waals surface area contributed by atoms with E-state index >= 15 is 0 Å². The molecule has 5 nitrogen and oxygen atoms in total. The van der Waals surface area contributed by atoms with Gasteiger partial charge in [-0.2, -0.15) is 0 Å². The van der Waals surface area contributed by atoms with Crippen LogP contribution in [0, 0.1) is 6.92 Å². The Hall–Kier alpha value is -1.66. The molecular weight excluding hydrogens is 270 g/mol. The van der Waals surface area contributed by atoms with Gasteiger partial charge in [0.15, 0.2) is 5.13 Å². The van der Waals surface area contributed by atoms with Crippen LogP contribution in [0.5, 0.6) is 0 Å². The smallest absolute Gasteiger partial charge is 0.185 e. The first kappa shape index (κ1) is 13.3. The van der Waals surface area contributed by atoms with E-state index in [9.17, 15) is 0 Å². The monoisotopic (exact) mass is 289 g/mol. The Morgan fingerprint density at radius 1 is 1.20 bits per heavy atom. The molecule has 1 saturated heterocycles. The highest BCUT2D eigenvalue weighted by Crippen LogP contribution is 2.24. The van der Waals surface area contributed by atoms with E-state index in [0.717, 1.165) is 42.6 Å². The zero-order valence-electron chi connectivity index (χ0n) is 11.6. The number of piperazine rings is 1. The highest BCUT2D eigenvalue weighted by molar-refractivity contribution is 7.13. The fourth-order valence-electron chi connectivity index (χ4n) is 2.54. The maximum atomic E-state index is 5.83. The lowest BCUT2D eigenvalue weighted by atomic mass is 10.1. The Morgan fingerprint density at radius 2 is 1.95 bits per heavy atom. The largest absolute Gasteiger partial charge is 0.368 e. The van der Waals surface area contributed by atoms with Crippen molar-refractivity contribution in [3.63, 3.8) is 0 Å². The van der Waals surface area contributed by atoms with Crippen LogP contribution in [-0.2, 0) is 6.54 Å². The van der Waals surface area contributed by atoms with Gasteiger partial charge in [0.1, 0.15) is 0 Å². The summed E-state index contributed by atoms with van der Waals surface area (Å²) < 4.78 is 0. The molecule has 1 fully saturated rings. The van der Waals surface area contributed by atoms with Crippen molar-refractivity contribution in [2.45, 2.75) is 13.5 Å². The minimum atomic E-state index is 0.537. The van der Waals surface area contributed by atoms with Gasteiger partial charge in [0.25, 0.3) is 0 Å². The van der Waals surface area contributed by atoms with Crippen LogP contribution >= 0.6 is 11.3 Å². The minimum absolute atomic E-state index is 0.537. The van der Waals surface area contributed by atoms with E-state index in [1.807, 2.05) is 24.7 Å². The average Bonchev–Trinajstić information content (AvgIpc) is 3.02. The van der Waals surface area contributed by atoms with Crippen LogP contribution in [0.2, 0.25) is 0 Å². The molecule has 2 N–H and O–H groups in total. The molecule has 0 radical (unpaired) electrons. The van der Waals surface area contributed by atoms with Gasteiger partial charge < -0.3 is 15.5 Å². The van der Waals surface area contributed by atoms with Crippen molar-refractivity contribution < 1.29 is 0 Å². The lowest BCUT2D eigenvalue weighted by Crippen LogP contribution is -2.47. The van der Waals surface area contributed by atoms with Crippen LogP contribution in [0.25, 0.3) is 0 Å². The molecule has 0 unspecified atom stereocenters. The van der Waals surface area contributed by atoms with Crippen molar-refractivity contribution in [1.29, 1.82) is 0 Å². The van der Waals surface area contributed by atoms with Crippen LogP contribution in [0.3, 0.4) is 0 Å². The molecule has 2 aromatic heterocycles. The van der Waals surface area contributed by atoms with E-state index in [1.165, 1.54) is 5.69 Å². The number of nitrogens with two attached hydrogens (primary N) is 1. The number of aryl methyl sites for hydroxylation is 1. The number of thiazole rings is 1. The van der Waals surface area contributed by atoms with E-state index in [0.29, 0.717) is 6.54 Å². The second kappa shape index (κ2) is 5.76. The molecule has 3 rings (SSSR count). The van der Waals surface area contributed by atoms with E-state index in [2.05, 4.69) is 25.8 Å². The standard InChI is InChI=1S/C14H19N5S/c1-11-8-13(12(9-15)10-17-11)18-3-5-19(6-4-18)14-16-2-7-20-14/h2,7-8,10H,3-6,9,15H2,1H3. The number of aromatic nitrogens is 2. The van der Waals surface area contributed by atoms with Crippen molar-refractivity contribution in [3.05, 3.63) is 35.1 Å². The van der Waals surface area contributed by atoms with Crippen molar-refractivity contribution in [1.82, 2.24) is 9.97 Å². The number of nitrogens with zero attached hydrogens (tertiary/aromatic N) is 4. The van der Waals surface area contributed by atoms with Gasteiger partial charge in [0, 0.05) is 67.4 Å². The van der Waals surface area contributed by atoms with E-state index in [-0.39, 0.29) is 0 Å². The van der Waals surface area contributed by atoms with Crippen LogP contribution in [0.15, 0.2) is 23.8 Å². The fraction of sp³-hybridized carbons (Fsp3) is 0.429. The Bertz CT molecular complexity index is 561. The molecule has 0 amide bonds. The van der Waals surface area contributed by atoms with Gasteiger partial charge >= 0.3 is 0 Å². The van der Waals surface area contributed by atoms with Crippen LogP contribution in [0.1, 0.15) is 11.3 Å². The summed E-state index contributed by atoms with van der Waals surface area (Å²) in [5, 5.41) is 3.15. The summed E-state index contributed by atoms with van der Waals surface area (Å²) in [7, 11) is 0. The third kappa shape index (κ3) is 2.62. The Kier molecular flexibility index (Phi) is 3.84. The Morgan fingerprint density at radius 3 is 2.60 bits per heavy atom. The minimum Gasteiger partial charge on any atom is -0.368 e. The molecule has 3 heterocycles. The van der Waals surface area contributed by atoms with Gasteiger partial charge in [-0.15, -0.1) is 11.3 Å². The average molecular weight is 289 g/mol. The molecule has 106 valence electrons.